The lowest BCUT2D eigenvalue weighted by Crippen LogP contribution is -2.24. The molecule has 0 saturated carbocycles. The summed E-state index contributed by atoms with van der Waals surface area (Å²) in [6.45, 7) is 1.69. The maximum Gasteiger partial charge on any atom is 0.256 e. The van der Waals surface area contributed by atoms with E-state index < -0.39 is 0 Å². The quantitative estimate of drug-likeness (QED) is 0.588. The van der Waals surface area contributed by atoms with Crippen LogP contribution in [0.1, 0.15) is 34.3 Å². The highest BCUT2D eigenvalue weighted by Crippen LogP contribution is 2.31. The Bertz CT molecular complexity index is 1120. The Hall–Kier alpha value is -3.81. The fraction of sp³-hybridized carbons (Fsp3) is 0.292. The van der Waals surface area contributed by atoms with Crippen LogP contribution in [0.15, 0.2) is 54.7 Å². The van der Waals surface area contributed by atoms with Crippen LogP contribution in [-0.2, 0) is 17.9 Å². The molecule has 1 saturated heterocycles. The molecule has 1 N–H and O–H groups in total. The molecule has 1 aromatic heterocycles. The molecule has 0 bridgehead atoms. The Balaban J connectivity index is 1.48. The summed E-state index contributed by atoms with van der Waals surface area (Å²) in [7, 11) is 3.19. The standard InChI is InChI=1S/C24H26N4O4/c1-31-20-9-4-8-19(23(20)32-2)16-28-21(11-12-25-28)26-24(30)18-7-3-6-17(14-18)15-27-13-5-10-22(27)29/h3-4,6-9,11-12,14H,5,10,13,15-16H2,1-2H3,(H,26,30). The molecule has 0 aliphatic carbocycles. The maximum atomic E-state index is 12.9. The fourth-order valence-electron chi connectivity index (χ4n) is 3.90. The highest BCUT2D eigenvalue weighted by Gasteiger charge is 2.20. The van der Waals surface area contributed by atoms with E-state index in [1.807, 2.05) is 41.3 Å². The van der Waals surface area contributed by atoms with Crippen molar-refractivity contribution in [3.05, 3.63) is 71.4 Å². The van der Waals surface area contributed by atoms with Crippen LogP contribution in [0.25, 0.3) is 0 Å². The summed E-state index contributed by atoms with van der Waals surface area (Å²) in [5, 5.41) is 7.28. The zero-order valence-electron chi connectivity index (χ0n) is 18.2. The minimum atomic E-state index is -0.237. The molecule has 2 amide bonds. The summed E-state index contributed by atoms with van der Waals surface area (Å²) in [4.78, 5) is 26.6. The van der Waals surface area contributed by atoms with Gasteiger partial charge in [-0.05, 0) is 30.2 Å². The maximum absolute atomic E-state index is 12.9. The van der Waals surface area contributed by atoms with E-state index in [9.17, 15) is 9.59 Å². The number of carbonyl (C=O) groups is 2. The molecule has 4 rings (SSSR count). The van der Waals surface area contributed by atoms with Gasteiger partial charge in [-0.2, -0.15) is 5.10 Å². The average molecular weight is 434 g/mol. The molecule has 32 heavy (non-hydrogen) atoms. The zero-order valence-corrected chi connectivity index (χ0v) is 18.2. The molecular formula is C24H26N4O4. The predicted molar refractivity (Wildman–Crippen MR) is 120 cm³/mol. The number of likely N-dealkylation sites (tertiary alicyclic amines) is 1. The SMILES string of the molecule is COc1cccc(Cn2nccc2NC(=O)c2cccc(CN3CCCC3=O)c2)c1OC. The Kier molecular flexibility index (Phi) is 6.39. The molecule has 0 unspecified atom stereocenters. The molecule has 1 fully saturated rings. The van der Waals surface area contributed by atoms with Gasteiger partial charge in [-0.3, -0.25) is 9.59 Å². The molecule has 8 heteroatoms. The van der Waals surface area contributed by atoms with E-state index in [0.29, 0.717) is 42.4 Å². The molecule has 1 aliphatic heterocycles. The lowest BCUT2D eigenvalue weighted by Gasteiger charge is -2.16. The minimum absolute atomic E-state index is 0.164. The van der Waals surface area contributed by atoms with Gasteiger partial charge in [0.25, 0.3) is 5.91 Å². The van der Waals surface area contributed by atoms with Crippen molar-refractivity contribution in [3.8, 4) is 11.5 Å². The van der Waals surface area contributed by atoms with Gasteiger partial charge in [0.05, 0.1) is 27.0 Å². The van der Waals surface area contributed by atoms with E-state index >= 15 is 0 Å². The van der Waals surface area contributed by atoms with Gasteiger partial charge in [0.1, 0.15) is 5.82 Å². The first-order chi connectivity index (χ1) is 15.6. The second-order valence-corrected chi connectivity index (χ2v) is 7.60. The number of hydrogen-bond donors (Lipinski definition) is 1. The molecule has 166 valence electrons. The Morgan fingerprint density at radius 3 is 2.69 bits per heavy atom. The third-order valence-electron chi connectivity index (χ3n) is 5.50. The number of anilines is 1. The molecule has 0 atom stereocenters. The number of rotatable bonds is 8. The van der Waals surface area contributed by atoms with Crippen LogP contribution in [0.5, 0.6) is 11.5 Å². The van der Waals surface area contributed by atoms with Gasteiger partial charge in [0, 0.05) is 36.7 Å². The third kappa shape index (κ3) is 4.59. The van der Waals surface area contributed by atoms with Crippen LogP contribution >= 0.6 is 0 Å². The van der Waals surface area contributed by atoms with Gasteiger partial charge in [-0.25, -0.2) is 4.68 Å². The summed E-state index contributed by atoms with van der Waals surface area (Å²) in [6, 6.07) is 14.7. The van der Waals surface area contributed by atoms with E-state index in [2.05, 4.69) is 10.4 Å². The zero-order chi connectivity index (χ0) is 22.5. The van der Waals surface area contributed by atoms with E-state index in [-0.39, 0.29) is 11.8 Å². The highest BCUT2D eigenvalue weighted by atomic mass is 16.5. The van der Waals surface area contributed by atoms with Crippen molar-refractivity contribution in [2.24, 2.45) is 0 Å². The van der Waals surface area contributed by atoms with Crippen molar-refractivity contribution >= 4 is 17.6 Å². The largest absolute Gasteiger partial charge is 0.493 e. The number of amides is 2. The number of nitrogens with zero attached hydrogens (tertiary/aromatic N) is 3. The first-order valence-electron chi connectivity index (χ1n) is 10.5. The van der Waals surface area contributed by atoms with Gasteiger partial charge in [-0.1, -0.05) is 24.3 Å². The number of hydrogen-bond acceptors (Lipinski definition) is 5. The van der Waals surface area contributed by atoms with Crippen LogP contribution in [0.4, 0.5) is 5.82 Å². The van der Waals surface area contributed by atoms with Gasteiger partial charge in [0.15, 0.2) is 11.5 Å². The normalized spacial score (nSPS) is 13.3. The lowest BCUT2D eigenvalue weighted by molar-refractivity contribution is -0.128. The first kappa shape index (κ1) is 21.4. The smallest absolute Gasteiger partial charge is 0.256 e. The van der Waals surface area contributed by atoms with Crippen molar-refractivity contribution in [2.75, 3.05) is 26.1 Å². The molecule has 8 nitrogen and oxygen atoms in total. The van der Waals surface area contributed by atoms with Crippen LogP contribution < -0.4 is 14.8 Å². The lowest BCUT2D eigenvalue weighted by atomic mass is 10.1. The van der Waals surface area contributed by atoms with Gasteiger partial charge in [-0.15, -0.1) is 0 Å². The van der Waals surface area contributed by atoms with Gasteiger partial charge < -0.3 is 19.7 Å². The van der Waals surface area contributed by atoms with Crippen LogP contribution in [0.3, 0.4) is 0 Å². The molecular weight excluding hydrogens is 408 g/mol. The third-order valence-corrected chi connectivity index (χ3v) is 5.50. The number of methoxy groups -OCH3 is 2. The minimum Gasteiger partial charge on any atom is -0.493 e. The van der Waals surface area contributed by atoms with Crippen LogP contribution in [0, 0.1) is 0 Å². The summed E-state index contributed by atoms with van der Waals surface area (Å²) >= 11 is 0. The van der Waals surface area contributed by atoms with Gasteiger partial charge in [0.2, 0.25) is 5.91 Å². The molecule has 3 aromatic rings. The number of para-hydroxylation sites is 1. The number of ether oxygens (including phenoxy) is 2. The Morgan fingerprint density at radius 1 is 1.09 bits per heavy atom. The summed E-state index contributed by atoms with van der Waals surface area (Å²) < 4.78 is 12.6. The van der Waals surface area contributed by atoms with Crippen molar-refractivity contribution < 1.29 is 19.1 Å². The Labute approximate surface area is 186 Å². The predicted octanol–water partition coefficient (Wildman–Crippen LogP) is 3.32. The molecule has 2 heterocycles. The molecule has 1 aliphatic rings. The molecule has 0 radical (unpaired) electrons. The van der Waals surface area contributed by atoms with Crippen molar-refractivity contribution in [1.29, 1.82) is 0 Å². The Morgan fingerprint density at radius 2 is 1.94 bits per heavy atom. The second kappa shape index (κ2) is 9.55. The van der Waals surface area contributed by atoms with E-state index in [1.165, 1.54) is 0 Å². The van der Waals surface area contributed by atoms with Crippen LogP contribution in [0.2, 0.25) is 0 Å². The monoisotopic (exact) mass is 434 g/mol. The summed E-state index contributed by atoms with van der Waals surface area (Å²) in [5.74, 6) is 1.76. The first-order valence-corrected chi connectivity index (χ1v) is 10.5. The summed E-state index contributed by atoms with van der Waals surface area (Å²) in [5.41, 5.74) is 2.34. The van der Waals surface area contributed by atoms with Crippen molar-refractivity contribution in [3.63, 3.8) is 0 Å². The van der Waals surface area contributed by atoms with Crippen molar-refractivity contribution in [2.45, 2.75) is 25.9 Å². The number of aromatic nitrogens is 2. The number of nitrogens with one attached hydrogen (secondary N) is 1. The molecule has 2 aromatic carbocycles. The topological polar surface area (TPSA) is 85.7 Å². The van der Waals surface area contributed by atoms with E-state index in [1.54, 1.807) is 37.2 Å². The number of benzene rings is 2. The van der Waals surface area contributed by atoms with Crippen LogP contribution in [-0.4, -0.2) is 47.3 Å². The van der Waals surface area contributed by atoms with Crippen molar-refractivity contribution in [1.82, 2.24) is 14.7 Å². The highest BCUT2D eigenvalue weighted by molar-refractivity contribution is 6.03. The van der Waals surface area contributed by atoms with E-state index in [0.717, 1.165) is 24.1 Å². The second-order valence-electron chi connectivity index (χ2n) is 7.60. The number of carbonyl (C=O) groups excluding carboxylic acids is 2. The summed E-state index contributed by atoms with van der Waals surface area (Å²) in [6.07, 6.45) is 3.13. The van der Waals surface area contributed by atoms with Gasteiger partial charge >= 0.3 is 0 Å². The fourth-order valence-corrected chi connectivity index (χ4v) is 3.90. The van der Waals surface area contributed by atoms with E-state index in [4.69, 9.17) is 9.47 Å². The molecule has 0 spiro atoms. The average Bonchev–Trinajstić information content (AvgIpc) is 3.42.